The first-order chi connectivity index (χ1) is 26.8. The maximum absolute atomic E-state index is 2.41. The molecule has 2 aromatic heterocycles. The highest BCUT2D eigenvalue weighted by Crippen LogP contribution is 2.48. The molecule has 0 bridgehead atoms. The van der Waals surface area contributed by atoms with Crippen LogP contribution in [0.3, 0.4) is 0 Å². The average Bonchev–Trinajstić information content (AvgIpc) is 3.81. The molecule has 0 fully saturated rings. The van der Waals surface area contributed by atoms with Gasteiger partial charge in [0.25, 0.3) is 0 Å². The maximum Gasteiger partial charge on any atom is 0.0448 e. The summed E-state index contributed by atoms with van der Waals surface area (Å²) in [5.74, 6) is 0. The van der Waals surface area contributed by atoms with Crippen LogP contribution in [-0.2, 0) is 0 Å². The third-order valence-electron chi connectivity index (χ3n) is 11.5. The lowest BCUT2D eigenvalue weighted by atomic mass is 9.84. The standard InChI is InChI=1S/C52H30S2/c1-3-13-36-32(10-1)12-9-19-38(36)49-41-17-7-5-15-39(41)48(40-16-6-8-18-42(40)49)34-22-20-31(21-23-34)35-25-28-46-45(30-35)43-27-29-47-50(52(43)53-46)44-26-24-33-11-2-4-14-37(33)51(44)54-47/h1-30H. The Hall–Kier alpha value is -6.32. The van der Waals surface area contributed by atoms with Crippen molar-refractivity contribution in [3.8, 4) is 33.4 Å². The van der Waals surface area contributed by atoms with Crippen molar-refractivity contribution < 1.29 is 0 Å². The van der Waals surface area contributed by atoms with Crippen LogP contribution in [-0.4, -0.2) is 0 Å². The first-order valence-corrected chi connectivity index (χ1v) is 20.1. The van der Waals surface area contributed by atoms with E-state index in [2.05, 4.69) is 182 Å². The number of hydrogen-bond donors (Lipinski definition) is 0. The minimum Gasteiger partial charge on any atom is -0.134 e. The van der Waals surface area contributed by atoms with Crippen LogP contribution in [0.25, 0.3) is 117 Å². The van der Waals surface area contributed by atoms with Gasteiger partial charge in [0, 0.05) is 40.3 Å². The number of fused-ring (bicyclic) bond motifs is 12. The molecule has 0 N–H and O–H groups in total. The van der Waals surface area contributed by atoms with E-state index in [1.165, 1.54) is 117 Å². The Labute approximate surface area is 319 Å². The maximum atomic E-state index is 2.41. The van der Waals surface area contributed by atoms with Crippen molar-refractivity contribution in [2.45, 2.75) is 0 Å². The molecule has 10 aromatic carbocycles. The molecule has 0 saturated carbocycles. The zero-order valence-corrected chi connectivity index (χ0v) is 30.8. The Morgan fingerprint density at radius 3 is 1.56 bits per heavy atom. The highest BCUT2D eigenvalue weighted by Gasteiger charge is 2.19. The van der Waals surface area contributed by atoms with Gasteiger partial charge in [-0.05, 0) is 94.7 Å². The van der Waals surface area contributed by atoms with E-state index >= 15 is 0 Å². The van der Waals surface area contributed by atoms with E-state index in [0.717, 1.165) is 0 Å². The topological polar surface area (TPSA) is 0 Å². The third kappa shape index (κ3) is 4.36. The molecule has 12 rings (SSSR count). The lowest BCUT2D eigenvalue weighted by molar-refractivity contribution is 1.64. The Balaban J connectivity index is 1.00. The van der Waals surface area contributed by atoms with E-state index in [4.69, 9.17) is 0 Å². The summed E-state index contributed by atoms with van der Waals surface area (Å²) in [6, 6.07) is 67.7. The monoisotopic (exact) mass is 718 g/mol. The van der Waals surface area contributed by atoms with Gasteiger partial charge in [0.2, 0.25) is 0 Å². The number of benzene rings is 10. The fourth-order valence-corrected chi connectivity index (χ4v) is 11.6. The molecule has 0 nitrogen and oxygen atoms in total. The summed E-state index contributed by atoms with van der Waals surface area (Å²) >= 11 is 3.85. The first-order valence-electron chi connectivity index (χ1n) is 18.5. The summed E-state index contributed by atoms with van der Waals surface area (Å²) in [5, 5.41) is 15.8. The molecule has 0 amide bonds. The predicted octanol–water partition coefficient (Wildman–Crippen LogP) is 16.0. The Morgan fingerprint density at radius 2 is 0.815 bits per heavy atom. The first kappa shape index (κ1) is 30.2. The highest BCUT2D eigenvalue weighted by molar-refractivity contribution is 7.30. The van der Waals surface area contributed by atoms with E-state index in [-0.39, 0.29) is 0 Å². The molecular formula is C52H30S2. The van der Waals surface area contributed by atoms with Gasteiger partial charge in [-0.25, -0.2) is 0 Å². The Morgan fingerprint density at radius 1 is 0.278 bits per heavy atom. The van der Waals surface area contributed by atoms with Crippen LogP contribution in [0.1, 0.15) is 0 Å². The van der Waals surface area contributed by atoms with Crippen molar-refractivity contribution in [3.63, 3.8) is 0 Å². The van der Waals surface area contributed by atoms with Gasteiger partial charge in [-0.1, -0.05) is 164 Å². The fraction of sp³-hybridized carbons (Fsp3) is 0. The van der Waals surface area contributed by atoms with Gasteiger partial charge in [0.15, 0.2) is 0 Å². The molecule has 0 radical (unpaired) electrons. The van der Waals surface area contributed by atoms with Gasteiger partial charge in [-0.3, -0.25) is 0 Å². The smallest absolute Gasteiger partial charge is 0.0448 e. The Kier molecular flexibility index (Phi) is 6.48. The summed E-state index contributed by atoms with van der Waals surface area (Å²) in [5.41, 5.74) is 7.58. The number of hydrogen-bond acceptors (Lipinski definition) is 2. The SMILES string of the molecule is c1ccc2c(-c3c4ccccc4c(-c4ccc(-c5ccc6sc7c(ccc8sc9c%10ccccc%10ccc9c87)c6c5)cc4)c4ccccc34)cccc2c1. The van der Waals surface area contributed by atoms with E-state index in [9.17, 15) is 0 Å². The molecule has 250 valence electrons. The number of thiophene rings is 2. The lowest BCUT2D eigenvalue weighted by Gasteiger charge is -2.19. The molecule has 0 unspecified atom stereocenters. The van der Waals surface area contributed by atoms with Crippen molar-refractivity contribution in [2.24, 2.45) is 0 Å². The number of rotatable bonds is 3. The second kappa shape index (κ2) is 11.6. The summed E-state index contributed by atoms with van der Waals surface area (Å²) < 4.78 is 5.48. The molecule has 0 aliphatic rings. The van der Waals surface area contributed by atoms with E-state index in [0.29, 0.717) is 0 Å². The van der Waals surface area contributed by atoms with Gasteiger partial charge >= 0.3 is 0 Å². The predicted molar refractivity (Wildman–Crippen MR) is 239 cm³/mol. The van der Waals surface area contributed by atoms with Crippen molar-refractivity contribution >= 4 is 106 Å². The Bertz CT molecular complexity index is 3430. The summed E-state index contributed by atoms with van der Waals surface area (Å²) in [7, 11) is 0. The average molecular weight is 719 g/mol. The molecular weight excluding hydrogens is 689 g/mol. The van der Waals surface area contributed by atoms with Gasteiger partial charge in [-0.2, -0.15) is 0 Å². The van der Waals surface area contributed by atoms with Crippen LogP contribution in [0.4, 0.5) is 0 Å². The van der Waals surface area contributed by atoms with Crippen LogP contribution in [0.5, 0.6) is 0 Å². The van der Waals surface area contributed by atoms with Crippen LogP contribution < -0.4 is 0 Å². The van der Waals surface area contributed by atoms with Crippen molar-refractivity contribution in [2.75, 3.05) is 0 Å². The van der Waals surface area contributed by atoms with Crippen molar-refractivity contribution in [1.82, 2.24) is 0 Å². The van der Waals surface area contributed by atoms with Gasteiger partial charge in [0.1, 0.15) is 0 Å². The molecule has 0 spiro atoms. The minimum atomic E-state index is 1.23. The summed E-state index contributed by atoms with van der Waals surface area (Å²) in [4.78, 5) is 0. The van der Waals surface area contributed by atoms with E-state index < -0.39 is 0 Å². The zero-order valence-electron chi connectivity index (χ0n) is 29.1. The fourth-order valence-electron chi connectivity index (χ4n) is 9.00. The lowest BCUT2D eigenvalue weighted by Crippen LogP contribution is -1.91. The summed E-state index contributed by atoms with van der Waals surface area (Å²) in [6.07, 6.45) is 0. The molecule has 54 heavy (non-hydrogen) atoms. The molecule has 0 saturated heterocycles. The molecule has 12 aromatic rings. The normalized spacial score (nSPS) is 12.1. The minimum absolute atomic E-state index is 1.23. The molecule has 2 heterocycles. The molecule has 0 aliphatic carbocycles. The quantitative estimate of drug-likeness (QED) is 0.160. The zero-order chi connectivity index (χ0) is 35.3. The van der Waals surface area contributed by atoms with Crippen LogP contribution in [0.2, 0.25) is 0 Å². The second-order valence-corrected chi connectivity index (χ2v) is 16.4. The molecule has 2 heteroatoms. The van der Waals surface area contributed by atoms with Gasteiger partial charge < -0.3 is 0 Å². The van der Waals surface area contributed by atoms with E-state index in [1.807, 2.05) is 22.7 Å². The molecule has 0 aliphatic heterocycles. The highest BCUT2D eigenvalue weighted by atomic mass is 32.1. The van der Waals surface area contributed by atoms with Crippen molar-refractivity contribution in [3.05, 3.63) is 182 Å². The van der Waals surface area contributed by atoms with E-state index in [1.54, 1.807) is 0 Å². The van der Waals surface area contributed by atoms with Gasteiger partial charge in [0.05, 0.1) is 0 Å². The largest absolute Gasteiger partial charge is 0.134 e. The molecule has 0 atom stereocenters. The van der Waals surface area contributed by atoms with Crippen LogP contribution in [0, 0.1) is 0 Å². The third-order valence-corrected chi connectivity index (χ3v) is 13.9. The van der Waals surface area contributed by atoms with Crippen LogP contribution in [0.15, 0.2) is 182 Å². The van der Waals surface area contributed by atoms with Crippen molar-refractivity contribution in [1.29, 1.82) is 0 Å². The van der Waals surface area contributed by atoms with Gasteiger partial charge in [-0.15, -0.1) is 22.7 Å². The summed E-state index contributed by atoms with van der Waals surface area (Å²) in [6.45, 7) is 0. The van der Waals surface area contributed by atoms with Crippen LogP contribution >= 0.6 is 22.7 Å². The second-order valence-electron chi connectivity index (χ2n) is 14.3.